The van der Waals surface area contributed by atoms with Crippen LogP contribution in [0.3, 0.4) is 0 Å². The molecule has 0 aromatic heterocycles. The molecule has 0 saturated carbocycles. The molecular weight excluding hydrogens is 316 g/mol. The Balaban J connectivity index is 2.03. The van der Waals surface area contributed by atoms with E-state index >= 15 is 0 Å². The Morgan fingerprint density at radius 3 is 2.24 bits per heavy atom. The maximum Gasteiger partial charge on any atom is 0.309 e. The predicted molar refractivity (Wildman–Crippen MR) is 101 cm³/mol. The molecule has 2 N–H and O–H groups in total. The fourth-order valence-corrected chi connectivity index (χ4v) is 3.09. The molecule has 6 heteroatoms. The van der Waals surface area contributed by atoms with Crippen molar-refractivity contribution >= 4 is 17.5 Å². The van der Waals surface area contributed by atoms with Gasteiger partial charge in [0.05, 0.1) is 6.04 Å². The fraction of sp³-hybridized carbons (Fsp3) is 0.579. The van der Waals surface area contributed by atoms with Crippen LogP contribution in [0.2, 0.25) is 0 Å². The molecule has 1 aromatic carbocycles. The lowest BCUT2D eigenvalue weighted by Gasteiger charge is -2.28. The summed E-state index contributed by atoms with van der Waals surface area (Å²) in [5.41, 5.74) is 2.31. The number of nitrogens with zero attached hydrogens (tertiary/aromatic N) is 2. The smallest absolute Gasteiger partial charge is 0.309 e. The summed E-state index contributed by atoms with van der Waals surface area (Å²) in [4.78, 5) is 28.2. The zero-order chi connectivity index (χ0) is 18.2. The molecule has 2 amide bonds. The highest BCUT2D eigenvalue weighted by atomic mass is 16.2. The van der Waals surface area contributed by atoms with Gasteiger partial charge in [-0.15, -0.1) is 0 Å². The van der Waals surface area contributed by atoms with E-state index in [-0.39, 0.29) is 6.04 Å². The Bertz CT molecular complexity index is 565. The largest absolute Gasteiger partial charge is 0.378 e. The quantitative estimate of drug-likeness (QED) is 0.735. The number of nitrogens with one attached hydrogen (secondary N) is 2. The molecule has 1 atom stereocenters. The van der Waals surface area contributed by atoms with E-state index in [1.54, 1.807) is 0 Å². The van der Waals surface area contributed by atoms with Crippen molar-refractivity contribution in [3.63, 3.8) is 0 Å². The molecule has 0 radical (unpaired) electrons. The van der Waals surface area contributed by atoms with Gasteiger partial charge in [0.2, 0.25) is 0 Å². The molecule has 1 fully saturated rings. The summed E-state index contributed by atoms with van der Waals surface area (Å²) in [5.74, 6) is -1.10. The van der Waals surface area contributed by atoms with E-state index in [0.29, 0.717) is 13.1 Å². The zero-order valence-corrected chi connectivity index (χ0v) is 15.5. The lowest BCUT2D eigenvalue weighted by atomic mass is 10.0. The second-order valence-corrected chi connectivity index (χ2v) is 6.71. The highest BCUT2D eigenvalue weighted by Crippen LogP contribution is 2.26. The van der Waals surface area contributed by atoms with Crippen LogP contribution in [-0.2, 0) is 9.59 Å². The molecule has 1 aliphatic heterocycles. The van der Waals surface area contributed by atoms with Gasteiger partial charge in [-0.1, -0.05) is 19.1 Å². The van der Waals surface area contributed by atoms with E-state index in [9.17, 15) is 9.59 Å². The van der Waals surface area contributed by atoms with E-state index in [2.05, 4.69) is 44.7 Å². The highest BCUT2D eigenvalue weighted by Gasteiger charge is 2.25. The van der Waals surface area contributed by atoms with E-state index < -0.39 is 11.8 Å². The van der Waals surface area contributed by atoms with Crippen LogP contribution in [0, 0.1) is 0 Å². The van der Waals surface area contributed by atoms with E-state index in [4.69, 9.17) is 0 Å². The van der Waals surface area contributed by atoms with Crippen LogP contribution in [-0.4, -0.2) is 57.0 Å². The fourth-order valence-electron chi connectivity index (χ4n) is 3.09. The molecule has 0 spiro atoms. The van der Waals surface area contributed by atoms with Crippen LogP contribution in [0.4, 0.5) is 5.69 Å². The molecule has 138 valence electrons. The van der Waals surface area contributed by atoms with Crippen LogP contribution in [0.25, 0.3) is 0 Å². The first-order valence-corrected chi connectivity index (χ1v) is 9.10. The minimum atomic E-state index is -0.553. The third kappa shape index (κ3) is 5.46. The van der Waals surface area contributed by atoms with Gasteiger partial charge in [-0.25, -0.2) is 0 Å². The Morgan fingerprint density at radius 1 is 1.08 bits per heavy atom. The van der Waals surface area contributed by atoms with Crippen molar-refractivity contribution in [1.29, 1.82) is 0 Å². The van der Waals surface area contributed by atoms with E-state index in [0.717, 1.165) is 25.2 Å². The van der Waals surface area contributed by atoms with Gasteiger partial charge in [-0.2, -0.15) is 0 Å². The minimum Gasteiger partial charge on any atom is -0.378 e. The summed E-state index contributed by atoms with van der Waals surface area (Å²) in [5, 5.41) is 5.42. The number of amides is 2. The standard InChI is InChI=1S/C19H30N4O2/c1-4-11-20-18(24)19(25)21-14-17(23-12-5-6-13-23)15-7-9-16(10-8-15)22(2)3/h7-10,17H,4-6,11-14H2,1-3H3,(H,20,24)(H,21,25). The number of anilines is 1. The van der Waals surface area contributed by atoms with E-state index in [1.165, 1.54) is 18.4 Å². The number of benzene rings is 1. The van der Waals surface area contributed by atoms with E-state index in [1.807, 2.05) is 21.0 Å². The predicted octanol–water partition coefficient (Wildman–Crippen LogP) is 1.53. The summed E-state index contributed by atoms with van der Waals surface area (Å²) < 4.78 is 0. The molecular formula is C19H30N4O2. The average molecular weight is 346 g/mol. The molecule has 0 bridgehead atoms. The third-order valence-electron chi connectivity index (χ3n) is 4.57. The molecule has 0 aliphatic carbocycles. The second kappa shape index (κ2) is 9.42. The Hall–Kier alpha value is -2.08. The first-order valence-electron chi connectivity index (χ1n) is 9.10. The molecule has 1 unspecified atom stereocenters. The highest BCUT2D eigenvalue weighted by molar-refractivity contribution is 6.35. The third-order valence-corrected chi connectivity index (χ3v) is 4.57. The van der Waals surface area contributed by atoms with Crippen molar-refractivity contribution in [2.75, 3.05) is 45.2 Å². The SMILES string of the molecule is CCCNC(=O)C(=O)NCC(c1ccc(N(C)C)cc1)N1CCCC1. The Kier molecular flexibility index (Phi) is 7.25. The number of hydrogen-bond donors (Lipinski definition) is 2. The normalized spacial score (nSPS) is 15.6. The van der Waals surface area contributed by atoms with Crippen molar-refractivity contribution in [1.82, 2.24) is 15.5 Å². The summed E-state index contributed by atoms with van der Waals surface area (Å²) in [7, 11) is 4.03. The summed E-state index contributed by atoms with van der Waals surface area (Å²) in [6, 6.07) is 8.51. The van der Waals surface area contributed by atoms with Crippen LogP contribution >= 0.6 is 0 Å². The van der Waals surface area contributed by atoms with Gasteiger partial charge >= 0.3 is 11.8 Å². The van der Waals surface area contributed by atoms with Crippen LogP contribution < -0.4 is 15.5 Å². The lowest BCUT2D eigenvalue weighted by molar-refractivity contribution is -0.139. The molecule has 1 saturated heterocycles. The Labute approximate surface area is 150 Å². The molecule has 25 heavy (non-hydrogen) atoms. The van der Waals surface area contributed by atoms with Crippen molar-refractivity contribution in [3.05, 3.63) is 29.8 Å². The molecule has 6 nitrogen and oxygen atoms in total. The van der Waals surface area contributed by atoms with Crippen LogP contribution in [0.15, 0.2) is 24.3 Å². The van der Waals surface area contributed by atoms with Gasteiger partial charge in [0.1, 0.15) is 0 Å². The van der Waals surface area contributed by atoms with Gasteiger partial charge in [-0.05, 0) is 50.0 Å². The average Bonchev–Trinajstić information content (AvgIpc) is 3.14. The first kappa shape index (κ1) is 19.2. The first-order chi connectivity index (χ1) is 12.0. The van der Waals surface area contributed by atoms with Crippen molar-refractivity contribution in [2.24, 2.45) is 0 Å². The molecule has 1 aliphatic rings. The van der Waals surface area contributed by atoms with Gasteiger partial charge < -0.3 is 15.5 Å². The number of likely N-dealkylation sites (tertiary alicyclic amines) is 1. The maximum absolute atomic E-state index is 12.0. The van der Waals surface area contributed by atoms with Crippen molar-refractivity contribution in [2.45, 2.75) is 32.2 Å². The number of hydrogen-bond acceptors (Lipinski definition) is 4. The maximum atomic E-state index is 12.0. The second-order valence-electron chi connectivity index (χ2n) is 6.71. The van der Waals surface area contributed by atoms with Crippen LogP contribution in [0.1, 0.15) is 37.8 Å². The zero-order valence-electron chi connectivity index (χ0n) is 15.5. The monoisotopic (exact) mass is 346 g/mol. The molecule has 1 heterocycles. The number of rotatable bonds is 7. The topological polar surface area (TPSA) is 64.7 Å². The van der Waals surface area contributed by atoms with Gasteiger partial charge in [0.25, 0.3) is 0 Å². The summed E-state index contributed by atoms with van der Waals surface area (Å²) >= 11 is 0. The van der Waals surface area contributed by atoms with Gasteiger partial charge in [0, 0.05) is 32.9 Å². The van der Waals surface area contributed by atoms with Crippen LogP contribution in [0.5, 0.6) is 0 Å². The summed E-state index contributed by atoms with van der Waals surface area (Å²) in [6.07, 6.45) is 3.17. The lowest BCUT2D eigenvalue weighted by Crippen LogP contribution is -2.44. The van der Waals surface area contributed by atoms with Gasteiger partial charge in [0.15, 0.2) is 0 Å². The molecule has 2 rings (SSSR count). The number of carbonyl (C=O) groups is 2. The minimum absolute atomic E-state index is 0.0987. The number of carbonyl (C=O) groups excluding carboxylic acids is 2. The molecule has 1 aromatic rings. The summed E-state index contributed by atoms with van der Waals surface area (Å²) in [6.45, 7) is 4.97. The van der Waals surface area contributed by atoms with Crippen molar-refractivity contribution in [3.8, 4) is 0 Å². The Morgan fingerprint density at radius 2 is 1.68 bits per heavy atom. The van der Waals surface area contributed by atoms with Crippen molar-refractivity contribution < 1.29 is 9.59 Å². The van der Waals surface area contributed by atoms with Gasteiger partial charge in [-0.3, -0.25) is 14.5 Å².